The van der Waals surface area contributed by atoms with Crippen LogP contribution in [0, 0.1) is 0 Å². The Morgan fingerprint density at radius 1 is 0.867 bits per heavy atom. The molecule has 0 fully saturated rings. The minimum atomic E-state index is -4.38. The first-order valence-electron chi connectivity index (χ1n) is 9.57. The maximum absolute atomic E-state index is 12.9. The average molecular weight is 415 g/mol. The van der Waals surface area contributed by atoms with Gasteiger partial charge in [-0.1, -0.05) is 48.5 Å². The van der Waals surface area contributed by atoms with Crippen LogP contribution >= 0.6 is 0 Å². The number of benzene rings is 3. The molecule has 158 valence electrons. The van der Waals surface area contributed by atoms with Crippen molar-refractivity contribution in [3.8, 4) is 16.9 Å². The van der Waals surface area contributed by atoms with Gasteiger partial charge in [-0.15, -0.1) is 0 Å². The topological polar surface area (TPSA) is 41.5 Å². The fraction of sp³-hybridized carbons (Fsp3) is 0.250. The molecule has 0 bridgehead atoms. The highest BCUT2D eigenvalue weighted by molar-refractivity contribution is 5.72. The van der Waals surface area contributed by atoms with Crippen LogP contribution in [0.15, 0.2) is 72.8 Å². The van der Waals surface area contributed by atoms with E-state index in [-0.39, 0.29) is 6.61 Å². The van der Waals surface area contributed by atoms with Crippen molar-refractivity contribution in [1.82, 2.24) is 5.32 Å². The summed E-state index contributed by atoms with van der Waals surface area (Å²) in [4.78, 5) is 0. The van der Waals surface area contributed by atoms with Crippen molar-refractivity contribution < 1.29 is 23.0 Å². The number of nitrogens with one attached hydrogen (secondary N) is 1. The molecule has 0 radical (unpaired) electrons. The van der Waals surface area contributed by atoms with Crippen LogP contribution in [0.5, 0.6) is 5.75 Å². The van der Waals surface area contributed by atoms with Crippen molar-refractivity contribution in [2.24, 2.45) is 0 Å². The molecule has 0 unspecified atom stereocenters. The van der Waals surface area contributed by atoms with Crippen LogP contribution in [0.1, 0.15) is 23.6 Å². The first-order chi connectivity index (χ1) is 14.3. The lowest BCUT2D eigenvalue weighted by molar-refractivity contribution is -0.137. The molecule has 0 saturated heterocycles. The monoisotopic (exact) mass is 415 g/mol. The summed E-state index contributed by atoms with van der Waals surface area (Å²) in [6.45, 7) is 2.37. The highest BCUT2D eigenvalue weighted by Gasteiger charge is 2.31. The van der Waals surface area contributed by atoms with Crippen molar-refractivity contribution in [2.45, 2.75) is 18.6 Å². The molecule has 30 heavy (non-hydrogen) atoms. The van der Waals surface area contributed by atoms with Crippen LogP contribution in [-0.2, 0) is 11.7 Å². The van der Waals surface area contributed by atoms with Gasteiger partial charge in [0.25, 0.3) is 0 Å². The third kappa shape index (κ3) is 4.50. The molecule has 1 atom stereocenters. The molecule has 2 N–H and O–H groups in total. The fourth-order valence-electron chi connectivity index (χ4n) is 3.53. The van der Waals surface area contributed by atoms with Crippen LogP contribution in [0.4, 0.5) is 13.2 Å². The van der Waals surface area contributed by atoms with Gasteiger partial charge >= 0.3 is 6.18 Å². The van der Waals surface area contributed by atoms with Crippen molar-refractivity contribution in [1.29, 1.82) is 0 Å². The van der Waals surface area contributed by atoms with Crippen molar-refractivity contribution in [2.75, 3.05) is 20.3 Å². The van der Waals surface area contributed by atoms with Crippen molar-refractivity contribution >= 4 is 0 Å². The lowest BCUT2D eigenvalue weighted by Crippen LogP contribution is -2.42. The van der Waals surface area contributed by atoms with Gasteiger partial charge in [0.15, 0.2) is 0 Å². The molecule has 3 aromatic rings. The molecule has 0 aliphatic rings. The van der Waals surface area contributed by atoms with Crippen LogP contribution in [0.25, 0.3) is 11.1 Å². The zero-order valence-electron chi connectivity index (χ0n) is 16.8. The quantitative estimate of drug-likeness (QED) is 0.556. The molecule has 0 aromatic heterocycles. The summed E-state index contributed by atoms with van der Waals surface area (Å²) < 4.78 is 44.3. The van der Waals surface area contributed by atoms with E-state index in [1.807, 2.05) is 55.5 Å². The average Bonchev–Trinajstić information content (AvgIpc) is 2.77. The van der Waals surface area contributed by atoms with E-state index in [1.54, 1.807) is 0 Å². The smallest absolute Gasteiger partial charge is 0.416 e. The number of aliphatic hydroxyl groups is 1. The van der Waals surface area contributed by atoms with E-state index >= 15 is 0 Å². The second kappa shape index (κ2) is 8.90. The Hall–Kier alpha value is -2.83. The largest absolute Gasteiger partial charge is 0.496 e. The summed E-state index contributed by atoms with van der Waals surface area (Å²) in [5.74, 6) is 0.566. The zero-order valence-corrected chi connectivity index (χ0v) is 16.8. The van der Waals surface area contributed by atoms with E-state index in [0.29, 0.717) is 23.4 Å². The number of hydrogen-bond acceptors (Lipinski definition) is 3. The van der Waals surface area contributed by atoms with Gasteiger partial charge in [0.2, 0.25) is 0 Å². The highest BCUT2D eigenvalue weighted by Crippen LogP contribution is 2.38. The van der Waals surface area contributed by atoms with E-state index in [4.69, 9.17) is 4.74 Å². The number of halogens is 3. The van der Waals surface area contributed by atoms with E-state index in [2.05, 4.69) is 5.32 Å². The lowest BCUT2D eigenvalue weighted by Gasteiger charge is -2.33. The highest BCUT2D eigenvalue weighted by atomic mass is 19.4. The molecular weight excluding hydrogens is 391 g/mol. The van der Waals surface area contributed by atoms with Gasteiger partial charge in [0, 0.05) is 12.1 Å². The molecule has 0 heterocycles. The third-order valence-corrected chi connectivity index (χ3v) is 5.24. The Kier molecular flexibility index (Phi) is 6.48. The van der Waals surface area contributed by atoms with Crippen LogP contribution in [-0.4, -0.2) is 25.4 Å². The molecule has 0 spiro atoms. The molecule has 6 heteroatoms. The Bertz CT molecular complexity index is 972. The standard InChI is InChI=1S/C24H24F3NO2/c1-23(28-14-15-29,18-6-4-3-5-7-18)20-12-13-22(30-2)21(16-20)17-8-10-19(11-9-17)24(25,26)27/h3-13,16,28-29H,14-15H2,1-2H3/t23-/m1/s1. The maximum atomic E-state index is 12.9. The van der Waals surface area contributed by atoms with E-state index < -0.39 is 17.3 Å². The Labute approximate surface area is 174 Å². The number of methoxy groups -OCH3 is 1. The van der Waals surface area contributed by atoms with Crippen molar-refractivity contribution in [3.63, 3.8) is 0 Å². The molecule has 0 aliphatic heterocycles. The summed E-state index contributed by atoms with van der Waals surface area (Å²) >= 11 is 0. The number of alkyl halides is 3. The fourth-order valence-corrected chi connectivity index (χ4v) is 3.53. The Morgan fingerprint density at radius 3 is 2.07 bits per heavy atom. The number of rotatable bonds is 7. The summed E-state index contributed by atoms with van der Waals surface area (Å²) in [6, 6.07) is 20.5. The SMILES string of the molecule is COc1ccc([C@](C)(NCCO)c2ccccc2)cc1-c1ccc(C(F)(F)F)cc1. The van der Waals surface area contributed by atoms with Gasteiger partial charge in [-0.3, -0.25) is 0 Å². The van der Waals surface area contributed by atoms with E-state index in [9.17, 15) is 18.3 Å². The second-order valence-electron chi connectivity index (χ2n) is 7.13. The van der Waals surface area contributed by atoms with Gasteiger partial charge in [-0.05, 0) is 47.9 Å². The number of hydrogen-bond donors (Lipinski definition) is 2. The number of aliphatic hydroxyl groups excluding tert-OH is 1. The van der Waals surface area contributed by atoms with Gasteiger partial charge in [0.05, 0.1) is 24.8 Å². The molecule has 3 nitrogen and oxygen atoms in total. The minimum Gasteiger partial charge on any atom is -0.496 e. The predicted octanol–water partition coefficient (Wildman–Crippen LogP) is 5.23. The maximum Gasteiger partial charge on any atom is 0.416 e. The minimum absolute atomic E-state index is 0.0235. The van der Waals surface area contributed by atoms with Gasteiger partial charge in [0.1, 0.15) is 5.75 Å². The molecule has 3 aromatic carbocycles. The van der Waals surface area contributed by atoms with Crippen LogP contribution in [0.3, 0.4) is 0 Å². The zero-order chi connectivity index (χ0) is 21.8. The summed E-state index contributed by atoms with van der Waals surface area (Å²) in [6.07, 6.45) is -4.38. The van der Waals surface area contributed by atoms with E-state index in [0.717, 1.165) is 23.3 Å². The van der Waals surface area contributed by atoms with Crippen LogP contribution < -0.4 is 10.1 Å². The van der Waals surface area contributed by atoms with Gasteiger partial charge in [-0.2, -0.15) is 13.2 Å². The summed E-state index contributed by atoms with van der Waals surface area (Å²) in [7, 11) is 1.53. The Balaban J connectivity index is 2.10. The lowest BCUT2D eigenvalue weighted by atomic mass is 9.83. The normalized spacial score (nSPS) is 13.7. The molecule has 0 saturated carbocycles. The summed E-state index contributed by atoms with van der Waals surface area (Å²) in [5, 5.41) is 12.7. The third-order valence-electron chi connectivity index (χ3n) is 5.24. The first kappa shape index (κ1) is 21.9. The number of ether oxygens (including phenoxy) is 1. The van der Waals surface area contributed by atoms with Gasteiger partial charge < -0.3 is 15.2 Å². The summed E-state index contributed by atoms with van der Waals surface area (Å²) in [5.41, 5.74) is 1.91. The molecule has 0 amide bonds. The first-order valence-corrected chi connectivity index (χ1v) is 9.57. The molecular formula is C24H24F3NO2. The van der Waals surface area contributed by atoms with Crippen molar-refractivity contribution in [3.05, 3.63) is 89.5 Å². The Morgan fingerprint density at radius 2 is 1.50 bits per heavy atom. The van der Waals surface area contributed by atoms with Gasteiger partial charge in [-0.25, -0.2) is 0 Å². The van der Waals surface area contributed by atoms with E-state index in [1.165, 1.54) is 19.2 Å². The second-order valence-corrected chi connectivity index (χ2v) is 7.13. The predicted molar refractivity (Wildman–Crippen MR) is 111 cm³/mol. The van der Waals surface area contributed by atoms with Crippen LogP contribution in [0.2, 0.25) is 0 Å². The molecule has 0 aliphatic carbocycles. The molecule has 3 rings (SSSR count).